The van der Waals surface area contributed by atoms with E-state index < -0.39 is 5.60 Å². The van der Waals surface area contributed by atoms with Crippen molar-refractivity contribution in [3.63, 3.8) is 0 Å². The van der Waals surface area contributed by atoms with E-state index in [0.29, 0.717) is 19.1 Å². The third-order valence-electron chi connectivity index (χ3n) is 5.23. The number of likely N-dealkylation sites (tertiary alicyclic amines) is 1. The number of carbonyl (C=O) groups is 1. The summed E-state index contributed by atoms with van der Waals surface area (Å²) in [5, 5.41) is 7.04. The first-order valence-electron chi connectivity index (χ1n) is 10.0. The van der Waals surface area contributed by atoms with Crippen molar-refractivity contribution in [1.29, 1.82) is 0 Å². The summed E-state index contributed by atoms with van der Waals surface area (Å²) in [5.41, 5.74) is 1.82. The third-order valence-corrected chi connectivity index (χ3v) is 5.72. The van der Waals surface area contributed by atoms with Gasteiger partial charge in [0, 0.05) is 29.3 Å². The van der Waals surface area contributed by atoms with Gasteiger partial charge in [-0.25, -0.2) is 4.79 Å². The molecule has 4 rings (SSSR count). The van der Waals surface area contributed by atoms with Crippen molar-refractivity contribution in [3.8, 4) is 11.1 Å². The Morgan fingerprint density at radius 1 is 1.07 bits per heavy atom. The van der Waals surface area contributed by atoms with Crippen molar-refractivity contribution < 1.29 is 9.53 Å². The monoisotopic (exact) mass is 455 g/mol. The summed E-state index contributed by atoms with van der Waals surface area (Å²) < 4.78 is 8.62. The summed E-state index contributed by atoms with van der Waals surface area (Å²) in [6.45, 7) is 7.08. The number of benzene rings is 2. The molecule has 0 aliphatic carbocycles. The normalized spacial score (nSPS) is 15.7. The van der Waals surface area contributed by atoms with Crippen LogP contribution in [0.2, 0.25) is 0 Å². The van der Waals surface area contributed by atoms with Gasteiger partial charge in [0.05, 0.1) is 12.2 Å². The first kappa shape index (κ1) is 20.0. The number of hydrogen-bond acceptors (Lipinski definition) is 3. The van der Waals surface area contributed by atoms with Crippen molar-refractivity contribution in [2.24, 2.45) is 0 Å². The van der Waals surface area contributed by atoms with Crippen molar-refractivity contribution in [3.05, 3.63) is 53.3 Å². The molecule has 0 N–H and O–H groups in total. The molecule has 0 unspecified atom stereocenters. The number of nitrogens with zero attached hydrogens (tertiary/aromatic N) is 3. The second-order valence-corrected chi connectivity index (χ2v) is 9.53. The highest BCUT2D eigenvalue weighted by atomic mass is 79.9. The molecule has 6 heteroatoms. The highest BCUT2D eigenvalue weighted by Crippen LogP contribution is 2.29. The van der Waals surface area contributed by atoms with Crippen LogP contribution in [0.1, 0.15) is 39.7 Å². The van der Waals surface area contributed by atoms with Crippen LogP contribution in [0.25, 0.3) is 21.9 Å². The highest BCUT2D eigenvalue weighted by molar-refractivity contribution is 9.10. The molecule has 5 nitrogen and oxygen atoms in total. The zero-order valence-electron chi connectivity index (χ0n) is 17.1. The maximum atomic E-state index is 12.3. The van der Waals surface area contributed by atoms with Crippen LogP contribution in [0, 0.1) is 0 Å². The van der Waals surface area contributed by atoms with Crippen LogP contribution >= 0.6 is 15.9 Å². The van der Waals surface area contributed by atoms with Crippen molar-refractivity contribution in [1.82, 2.24) is 14.7 Å². The number of piperidine rings is 1. The Balaban J connectivity index is 1.44. The summed E-state index contributed by atoms with van der Waals surface area (Å²) >= 11 is 3.52. The van der Waals surface area contributed by atoms with Gasteiger partial charge in [-0.2, -0.15) is 5.10 Å². The van der Waals surface area contributed by atoms with Gasteiger partial charge in [0.25, 0.3) is 0 Å². The lowest BCUT2D eigenvalue weighted by Gasteiger charge is -2.33. The minimum Gasteiger partial charge on any atom is -0.444 e. The number of hydrogen-bond donors (Lipinski definition) is 0. The number of ether oxygens (including phenoxy) is 1. The molecule has 2 heterocycles. The van der Waals surface area contributed by atoms with Crippen LogP contribution in [0.4, 0.5) is 4.79 Å². The zero-order valence-corrected chi connectivity index (χ0v) is 18.6. The van der Waals surface area contributed by atoms with Gasteiger partial charge < -0.3 is 9.64 Å². The number of fused-ring (bicyclic) bond motifs is 1. The van der Waals surface area contributed by atoms with Crippen molar-refractivity contribution in [2.75, 3.05) is 13.1 Å². The van der Waals surface area contributed by atoms with E-state index in [1.54, 1.807) is 4.90 Å². The van der Waals surface area contributed by atoms with Crippen molar-refractivity contribution >= 4 is 32.8 Å². The second-order valence-electron chi connectivity index (χ2n) is 8.61. The molecule has 152 valence electrons. The lowest BCUT2D eigenvalue weighted by atomic mass is 10.0. The van der Waals surface area contributed by atoms with Crippen LogP contribution in [0.3, 0.4) is 0 Å². The molecule has 2 aromatic carbocycles. The van der Waals surface area contributed by atoms with Gasteiger partial charge in [-0.05, 0) is 68.1 Å². The van der Waals surface area contributed by atoms with E-state index in [0.717, 1.165) is 28.4 Å². The summed E-state index contributed by atoms with van der Waals surface area (Å²) in [7, 11) is 0. The molecular weight excluding hydrogens is 430 g/mol. The maximum Gasteiger partial charge on any atom is 0.410 e. The summed E-state index contributed by atoms with van der Waals surface area (Å²) in [6.07, 6.45) is 5.59. The molecule has 29 heavy (non-hydrogen) atoms. The number of rotatable bonds is 2. The van der Waals surface area contributed by atoms with Gasteiger partial charge in [-0.1, -0.05) is 34.1 Å². The summed E-state index contributed by atoms with van der Waals surface area (Å²) in [4.78, 5) is 14.1. The second kappa shape index (κ2) is 7.82. The predicted octanol–water partition coefficient (Wildman–Crippen LogP) is 6.04. The molecule has 0 atom stereocenters. The van der Waals surface area contributed by atoms with Crippen LogP contribution in [0.15, 0.2) is 53.3 Å². The van der Waals surface area contributed by atoms with Gasteiger partial charge in [0.2, 0.25) is 0 Å². The Hall–Kier alpha value is -2.34. The summed E-state index contributed by atoms with van der Waals surface area (Å²) in [5.74, 6) is 0. The molecule has 1 amide bonds. The Labute approximate surface area is 179 Å². The van der Waals surface area contributed by atoms with E-state index >= 15 is 0 Å². The van der Waals surface area contributed by atoms with Crippen molar-refractivity contribution in [2.45, 2.75) is 45.3 Å². The number of carbonyl (C=O) groups excluding carboxylic acids is 1. The molecule has 1 aromatic heterocycles. The molecule has 0 radical (unpaired) electrons. The van der Waals surface area contributed by atoms with Crippen LogP contribution in [-0.4, -0.2) is 39.5 Å². The van der Waals surface area contributed by atoms with E-state index in [1.165, 1.54) is 10.8 Å². The molecule has 1 saturated heterocycles. The highest BCUT2D eigenvalue weighted by Gasteiger charge is 2.27. The molecule has 1 fully saturated rings. The smallest absolute Gasteiger partial charge is 0.410 e. The average Bonchev–Trinajstić information content (AvgIpc) is 3.16. The van der Waals surface area contributed by atoms with E-state index in [-0.39, 0.29) is 6.09 Å². The quantitative estimate of drug-likeness (QED) is 0.473. The Morgan fingerprint density at radius 3 is 2.48 bits per heavy atom. The lowest BCUT2D eigenvalue weighted by Crippen LogP contribution is -2.42. The van der Waals surface area contributed by atoms with Crippen LogP contribution in [0.5, 0.6) is 0 Å². The Kier molecular flexibility index (Phi) is 5.38. The SMILES string of the molecule is CC(C)(C)OC(=O)N1CCC(n2cc(-c3ccc4cc(Br)ccc4c3)cn2)CC1. The molecule has 0 saturated carbocycles. The minimum absolute atomic E-state index is 0.222. The van der Waals surface area contributed by atoms with Crippen LogP contribution < -0.4 is 0 Å². The van der Waals surface area contributed by atoms with Gasteiger partial charge in [0.1, 0.15) is 5.60 Å². The minimum atomic E-state index is -0.458. The predicted molar refractivity (Wildman–Crippen MR) is 119 cm³/mol. The molecule has 0 bridgehead atoms. The molecule has 1 aliphatic heterocycles. The topological polar surface area (TPSA) is 47.4 Å². The number of aromatic nitrogens is 2. The Bertz CT molecular complexity index is 1030. The van der Waals surface area contributed by atoms with E-state index in [9.17, 15) is 4.79 Å². The molecule has 1 aliphatic rings. The fraction of sp³-hybridized carbons (Fsp3) is 0.391. The largest absolute Gasteiger partial charge is 0.444 e. The van der Waals surface area contributed by atoms with E-state index in [2.05, 4.69) is 63.6 Å². The van der Waals surface area contributed by atoms with E-state index in [1.807, 2.05) is 31.6 Å². The molecule has 0 spiro atoms. The van der Waals surface area contributed by atoms with Crippen LogP contribution in [-0.2, 0) is 4.74 Å². The fourth-order valence-corrected chi connectivity index (χ4v) is 4.10. The fourth-order valence-electron chi connectivity index (χ4n) is 3.72. The standard InChI is InChI=1S/C23H26BrN3O2/c1-23(2,3)29-22(28)26-10-8-21(9-11-26)27-15-19(14-25-27)17-4-5-18-13-20(24)7-6-16(18)12-17/h4-7,12-15,21H,8-11H2,1-3H3. The molecular formula is C23H26BrN3O2. The summed E-state index contributed by atoms with van der Waals surface area (Å²) in [6, 6.07) is 13.1. The first-order chi connectivity index (χ1) is 13.8. The zero-order chi connectivity index (χ0) is 20.6. The lowest BCUT2D eigenvalue weighted by molar-refractivity contribution is 0.0185. The van der Waals surface area contributed by atoms with Gasteiger partial charge >= 0.3 is 6.09 Å². The molecule has 3 aromatic rings. The van der Waals surface area contributed by atoms with Gasteiger partial charge in [-0.3, -0.25) is 4.68 Å². The number of halogens is 1. The maximum absolute atomic E-state index is 12.3. The number of amides is 1. The Morgan fingerprint density at radius 2 is 1.76 bits per heavy atom. The third kappa shape index (κ3) is 4.64. The van der Waals surface area contributed by atoms with Gasteiger partial charge in [-0.15, -0.1) is 0 Å². The first-order valence-corrected chi connectivity index (χ1v) is 10.8. The van der Waals surface area contributed by atoms with Gasteiger partial charge in [0.15, 0.2) is 0 Å². The average molecular weight is 456 g/mol. The van der Waals surface area contributed by atoms with E-state index in [4.69, 9.17) is 4.74 Å².